The summed E-state index contributed by atoms with van der Waals surface area (Å²) in [6, 6.07) is 12.6. The minimum Gasteiger partial charge on any atom is -0.352 e. The summed E-state index contributed by atoms with van der Waals surface area (Å²) in [5, 5.41) is 9.00. The highest BCUT2D eigenvalue weighted by atomic mass is 16.2. The number of hydrogen-bond donors (Lipinski definition) is 0. The van der Waals surface area contributed by atoms with Gasteiger partial charge in [-0.25, -0.2) is 4.98 Å². The molecule has 0 saturated carbocycles. The number of aromatic nitrogens is 4. The lowest BCUT2D eigenvalue weighted by molar-refractivity contribution is -0.132. The van der Waals surface area contributed by atoms with E-state index in [1.807, 2.05) is 33.7 Å². The molecule has 1 atom stereocenters. The van der Waals surface area contributed by atoms with Gasteiger partial charge in [0, 0.05) is 38.8 Å². The van der Waals surface area contributed by atoms with Gasteiger partial charge < -0.3 is 19.3 Å². The number of carbonyl (C=O) groups excluding carboxylic acids is 1. The van der Waals surface area contributed by atoms with Crippen LogP contribution < -0.4 is 9.80 Å². The molecule has 2 saturated heterocycles. The Morgan fingerprint density at radius 2 is 1.74 bits per heavy atom. The Labute approximate surface area is 182 Å². The molecular formula is C23H29N7O. The van der Waals surface area contributed by atoms with Crippen molar-refractivity contribution in [3.05, 3.63) is 42.7 Å². The molecule has 31 heavy (non-hydrogen) atoms. The fourth-order valence-corrected chi connectivity index (χ4v) is 4.65. The standard InChI is InChI=1S/C23H29N7O/c1-18-6-4-5-11-30(18)22-10-9-21(25-26-22)27-12-14-28(15-13-27)23(31)16-29-17-24-19-7-2-3-8-20(19)29/h2-3,7-10,17-18H,4-6,11-16H2,1H3. The number of para-hydroxylation sites is 2. The molecule has 5 rings (SSSR count). The number of imidazole rings is 1. The van der Waals surface area contributed by atoms with Gasteiger partial charge in [-0.15, -0.1) is 10.2 Å². The maximum atomic E-state index is 12.8. The van der Waals surface area contributed by atoms with E-state index < -0.39 is 0 Å². The van der Waals surface area contributed by atoms with Gasteiger partial charge in [0.05, 0.1) is 17.4 Å². The number of nitrogens with zero attached hydrogens (tertiary/aromatic N) is 7. The summed E-state index contributed by atoms with van der Waals surface area (Å²) in [5.74, 6) is 1.99. The van der Waals surface area contributed by atoms with Gasteiger partial charge in [0.2, 0.25) is 5.91 Å². The van der Waals surface area contributed by atoms with Gasteiger partial charge >= 0.3 is 0 Å². The van der Waals surface area contributed by atoms with Crippen LogP contribution in [-0.2, 0) is 11.3 Å². The van der Waals surface area contributed by atoms with Crippen LogP contribution in [0.5, 0.6) is 0 Å². The molecule has 8 nitrogen and oxygen atoms in total. The zero-order valence-corrected chi connectivity index (χ0v) is 18.0. The lowest BCUT2D eigenvalue weighted by Crippen LogP contribution is -2.49. The summed E-state index contributed by atoms with van der Waals surface area (Å²) >= 11 is 0. The van der Waals surface area contributed by atoms with Crippen LogP contribution in [0.2, 0.25) is 0 Å². The van der Waals surface area contributed by atoms with Gasteiger partial charge in [-0.3, -0.25) is 4.79 Å². The first-order chi connectivity index (χ1) is 15.2. The molecule has 3 aromatic rings. The summed E-state index contributed by atoms with van der Waals surface area (Å²) in [7, 11) is 0. The fourth-order valence-electron chi connectivity index (χ4n) is 4.65. The third-order valence-electron chi connectivity index (χ3n) is 6.52. The average Bonchev–Trinajstić information content (AvgIpc) is 3.22. The second-order valence-electron chi connectivity index (χ2n) is 8.52. The smallest absolute Gasteiger partial charge is 0.242 e. The van der Waals surface area contributed by atoms with Crippen molar-refractivity contribution in [2.45, 2.75) is 38.8 Å². The van der Waals surface area contributed by atoms with E-state index in [0.717, 1.165) is 42.3 Å². The predicted molar refractivity (Wildman–Crippen MR) is 121 cm³/mol. The molecule has 0 bridgehead atoms. The predicted octanol–water partition coefficient (Wildman–Crippen LogP) is 2.55. The molecule has 8 heteroatoms. The Morgan fingerprint density at radius 1 is 0.968 bits per heavy atom. The van der Waals surface area contributed by atoms with E-state index in [1.165, 1.54) is 19.3 Å². The normalized spacial score (nSPS) is 19.8. The molecular weight excluding hydrogens is 390 g/mol. The minimum absolute atomic E-state index is 0.128. The van der Waals surface area contributed by atoms with Crippen LogP contribution in [0.3, 0.4) is 0 Å². The van der Waals surface area contributed by atoms with Gasteiger partial charge in [-0.1, -0.05) is 12.1 Å². The Balaban J connectivity index is 1.18. The van der Waals surface area contributed by atoms with Gasteiger partial charge in [0.15, 0.2) is 11.6 Å². The van der Waals surface area contributed by atoms with E-state index in [1.54, 1.807) is 6.33 Å². The topological polar surface area (TPSA) is 70.4 Å². The number of piperidine rings is 1. The molecule has 0 aliphatic carbocycles. The molecule has 2 aliphatic rings. The molecule has 2 aliphatic heterocycles. The lowest BCUT2D eigenvalue weighted by Gasteiger charge is -2.36. The van der Waals surface area contributed by atoms with Crippen LogP contribution in [0.25, 0.3) is 11.0 Å². The minimum atomic E-state index is 0.128. The van der Waals surface area contributed by atoms with E-state index in [2.05, 4.69) is 44.0 Å². The third kappa shape index (κ3) is 4.06. The van der Waals surface area contributed by atoms with Crippen molar-refractivity contribution in [3.63, 3.8) is 0 Å². The molecule has 0 N–H and O–H groups in total. The highest BCUT2D eigenvalue weighted by Gasteiger charge is 2.24. The van der Waals surface area contributed by atoms with Crippen LogP contribution in [0.1, 0.15) is 26.2 Å². The highest BCUT2D eigenvalue weighted by molar-refractivity contribution is 5.80. The summed E-state index contributed by atoms with van der Waals surface area (Å²) in [6.45, 7) is 6.56. The van der Waals surface area contributed by atoms with Gasteiger partial charge in [-0.2, -0.15) is 0 Å². The number of amides is 1. The molecule has 1 unspecified atom stereocenters. The van der Waals surface area contributed by atoms with Crippen molar-refractivity contribution in [3.8, 4) is 0 Å². The Morgan fingerprint density at radius 3 is 2.52 bits per heavy atom. The first-order valence-electron chi connectivity index (χ1n) is 11.2. The molecule has 162 valence electrons. The van der Waals surface area contributed by atoms with Crippen molar-refractivity contribution in [1.82, 2.24) is 24.6 Å². The Kier molecular flexibility index (Phi) is 5.44. The first kappa shape index (κ1) is 19.8. The SMILES string of the molecule is CC1CCCCN1c1ccc(N2CCN(C(=O)Cn3cnc4ccccc43)CC2)nn1. The van der Waals surface area contributed by atoms with Gasteiger partial charge in [0.25, 0.3) is 0 Å². The Hall–Kier alpha value is -3.16. The van der Waals surface area contributed by atoms with Crippen molar-refractivity contribution >= 4 is 28.6 Å². The van der Waals surface area contributed by atoms with E-state index in [9.17, 15) is 4.79 Å². The number of carbonyl (C=O) groups is 1. The van der Waals surface area contributed by atoms with Crippen LogP contribution in [-0.4, -0.2) is 69.3 Å². The number of anilines is 2. The van der Waals surface area contributed by atoms with E-state index >= 15 is 0 Å². The fraction of sp³-hybridized carbons (Fsp3) is 0.478. The van der Waals surface area contributed by atoms with Crippen LogP contribution in [0.4, 0.5) is 11.6 Å². The van der Waals surface area contributed by atoms with E-state index in [4.69, 9.17) is 0 Å². The summed E-state index contributed by atoms with van der Waals surface area (Å²) in [5.41, 5.74) is 1.91. The number of benzene rings is 1. The van der Waals surface area contributed by atoms with Crippen molar-refractivity contribution < 1.29 is 4.79 Å². The first-order valence-corrected chi connectivity index (χ1v) is 11.2. The number of piperazine rings is 1. The van der Waals surface area contributed by atoms with Crippen LogP contribution in [0, 0.1) is 0 Å². The van der Waals surface area contributed by atoms with Crippen molar-refractivity contribution in [1.29, 1.82) is 0 Å². The maximum Gasteiger partial charge on any atom is 0.242 e. The molecule has 2 fully saturated rings. The quantitative estimate of drug-likeness (QED) is 0.647. The molecule has 0 spiro atoms. The number of fused-ring (bicyclic) bond motifs is 1. The van der Waals surface area contributed by atoms with Crippen molar-refractivity contribution in [2.24, 2.45) is 0 Å². The third-order valence-corrected chi connectivity index (χ3v) is 6.52. The van der Waals surface area contributed by atoms with E-state index in [0.29, 0.717) is 25.7 Å². The monoisotopic (exact) mass is 419 g/mol. The molecule has 1 amide bonds. The second kappa shape index (κ2) is 8.53. The van der Waals surface area contributed by atoms with E-state index in [-0.39, 0.29) is 5.91 Å². The summed E-state index contributed by atoms with van der Waals surface area (Å²) < 4.78 is 1.93. The maximum absolute atomic E-state index is 12.8. The zero-order valence-electron chi connectivity index (χ0n) is 18.0. The average molecular weight is 420 g/mol. The molecule has 1 aromatic carbocycles. The van der Waals surface area contributed by atoms with Crippen LogP contribution >= 0.6 is 0 Å². The largest absolute Gasteiger partial charge is 0.352 e. The number of hydrogen-bond acceptors (Lipinski definition) is 6. The number of rotatable bonds is 4. The van der Waals surface area contributed by atoms with Gasteiger partial charge in [-0.05, 0) is 50.5 Å². The Bertz CT molecular complexity index is 1040. The highest BCUT2D eigenvalue weighted by Crippen LogP contribution is 2.24. The summed E-state index contributed by atoms with van der Waals surface area (Å²) in [4.78, 5) is 23.7. The zero-order chi connectivity index (χ0) is 21.2. The van der Waals surface area contributed by atoms with Crippen LogP contribution in [0.15, 0.2) is 42.7 Å². The van der Waals surface area contributed by atoms with Gasteiger partial charge in [0.1, 0.15) is 6.54 Å². The molecule has 4 heterocycles. The molecule has 2 aromatic heterocycles. The molecule has 0 radical (unpaired) electrons. The van der Waals surface area contributed by atoms with Crippen molar-refractivity contribution in [2.75, 3.05) is 42.5 Å². The second-order valence-corrected chi connectivity index (χ2v) is 8.52. The summed E-state index contributed by atoms with van der Waals surface area (Å²) in [6.07, 6.45) is 5.48. The lowest BCUT2D eigenvalue weighted by atomic mass is 10.0.